The van der Waals surface area contributed by atoms with Crippen LogP contribution in [-0.4, -0.2) is 14.2 Å². The molecule has 1 aromatic carbocycles. The van der Waals surface area contributed by atoms with Crippen LogP contribution in [0.1, 0.15) is 5.56 Å². The highest BCUT2D eigenvalue weighted by Crippen LogP contribution is 2.30. The van der Waals surface area contributed by atoms with E-state index in [2.05, 4.69) is 6.07 Å². The minimum atomic E-state index is 0.375. The van der Waals surface area contributed by atoms with E-state index in [0.29, 0.717) is 17.4 Å². The number of rotatable bonds is 3. The van der Waals surface area contributed by atoms with Gasteiger partial charge in [0.2, 0.25) is 0 Å². The Hall–Kier alpha value is -0.890. The summed E-state index contributed by atoms with van der Waals surface area (Å²) in [5.41, 5.74) is 0.818. The van der Waals surface area contributed by atoms with Crippen molar-refractivity contribution in [1.29, 1.82) is 0 Å². The van der Waals surface area contributed by atoms with Gasteiger partial charge in [-0.2, -0.15) is 0 Å². The molecule has 3 heteroatoms. The number of benzene rings is 1. The zero-order chi connectivity index (χ0) is 8.97. The van der Waals surface area contributed by atoms with Crippen molar-refractivity contribution in [2.24, 2.45) is 0 Å². The van der Waals surface area contributed by atoms with Crippen molar-refractivity contribution in [3.05, 3.63) is 23.8 Å². The molecule has 12 heavy (non-hydrogen) atoms. The molecule has 0 aromatic heterocycles. The van der Waals surface area contributed by atoms with Crippen molar-refractivity contribution in [2.45, 2.75) is 5.88 Å². The first-order chi connectivity index (χ1) is 5.83. The number of hydrogen-bond acceptors (Lipinski definition) is 2. The maximum atomic E-state index is 5.67. The molecule has 0 bridgehead atoms. The normalized spacial score (nSPS) is 9.58. The van der Waals surface area contributed by atoms with Crippen LogP contribution in [0.4, 0.5) is 0 Å². The lowest BCUT2D eigenvalue weighted by Gasteiger charge is -2.09. The first kappa shape index (κ1) is 9.20. The molecule has 0 heterocycles. The second kappa shape index (κ2) is 4.21. The maximum absolute atomic E-state index is 5.67. The second-order valence-electron chi connectivity index (χ2n) is 2.19. The van der Waals surface area contributed by atoms with Crippen molar-refractivity contribution < 1.29 is 9.47 Å². The lowest BCUT2D eigenvalue weighted by Crippen LogP contribution is -1.94. The van der Waals surface area contributed by atoms with Gasteiger partial charge in [0, 0.05) is 5.56 Å². The molecular formula is C9H10ClO2. The van der Waals surface area contributed by atoms with Gasteiger partial charge in [-0.05, 0) is 12.1 Å². The Morgan fingerprint density at radius 1 is 1.42 bits per heavy atom. The van der Waals surface area contributed by atoms with Gasteiger partial charge in [-0.1, -0.05) is 6.07 Å². The van der Waals surface area contributed by atoms with Gasteiger partial charge in [-0.25, -0.2) is 0 Å². The van der Waals surface area contributed by atoms with Gasteiger partial charge >= 0.3 is 0 Å². The van der Waals surface area contributed by atoms with E-state index < -0.39 is 0 Å². The van der Waals surface area contributed by atoms with Crippen LogP contribution >= 0.6 is 11.6 Å². The predicted molar refractivity (Wildman–Crippen MR) is 47.9 cm³/mol. The van der Waals surface area contributed by atoms with E-state index in [4.69, 9.17) is 21.1 Å². The number of ether oxygens (including phenoxy) is 2. The van der Waals surface area contributed by atoms with Gasteiger partial charge in [-0.15, -0.1) is 11.6 Å². The topological polar surface area (TPSA) is 18.5 Å². The largest absolute Gasteiger partial charge is 0.493 e. The summed E-state index contributed by atoms with van der Waals surface area (Å²) >= 11 is 5.67. The Morgan fingerprint density at radius 3 is 2.67 bits per heavy atom. The molecular weight excluding hydrogens is 176 g/mol. The van der Waals surface area contributed by atoms with Gasteiger partial charge in [-0.3, -0.25) is 0 Å². The molecule has 1 radical (unpaired) electrons. The Bertz CT molecular complexity index is 238. The SMILES string of the molecule is COc1cc[c]c(CCl)c1OC. The molecule has 0 aliphatic carbocycles. The average Bonchev–Trinajstić information content (AvgIpc) is 2.16. The Kier molecular flexibility index (Phi) is 3.23. The van der Waals surface area contributed by atoms with Crippen LogP contribution in [0.15, 0.2) is 12.1 Å². The highest BCUT2D eigenvalue weighted by molar-refractivity contribution is 6.17. The van der Waals surface area contributed by atoms with Gasteiger partial charge in [0.1, 0.15) is 0 Å². The molecule has 0 saturated heterocycles. The summed E-state index contributed by atoms with van der Waals surface area (Å²) < 4.78 is 10.2. The van der Waals surface area contributed by atoms with E-state index in [9.17, 15) is 0 Å². The summed E-state index contributed by atoms with van der Waals surface area (Å²) in [6.45, 7) is 0. The summed E-state index contributed by atoms with van der Waals surface area (Å²) in [4.78, 5) is 0. The Labute approximate surface area is 77.1 Å². The van der Waals surface area contributed by atoms with E-state index in [1.807, 2.05) is 0 Å². The summed E-state index contributed by atoms with van der Waals surface area (Å²) in [6, 6.07) is 6.52. The third-order valence-electron chi connectivity index (χ3n) is 1.55. The number of methoxy groups -OCH3 is 2. The molecule has 0 amide bonds. The van der Waals surface area contributed by atoms with Crippen molar-refractivity contribution in [2.75, 3.05) is 14.2 Å². The first-order valence-corrected chi connectivity index (χ1v) is 4.04. The lowest BCUT2D eigenvalue weighted by atomic mass is 10.2. The molecule has 0 aliphatic rings. The maximum Gasteiger partial charge on any atom is 0.165 e. The molecule has 0 atom stereocenters. The van der Waals surface area contributed by atoms with Crippen LogP contribution in [0.5, 0.6) is 11.5 Å². The molecule has 0 fully saturated rings. The van der Waals surface area contributed by atoms with Crippen LogP contribution in [0.2, 0.25) is 0 Å². The molecule has 1 rings (SSSR count). The van der Waals surface area contributed by atoms with Crippen molar-refractivity contribution in [3.8, 4) is 11.5 Å². The van der Waals surface area contributed by atoms with Crippen LogP contribution in [-0.2, 0) is 5.88 Å². The summed E-state index contributed by atoms with van der Waals surface area (Å²) in [6.07, 6.45) is 0. The van der Waals surface area contributed by atoms with Crippen molar-refractivity contribution >= 4 is 11.6 Å². The summed E-state index contributed by atoms with van der Waals surface area (Å²) in [7, 11) is 3.18. The first-order valence-electron chi connectivity index (χ1n) is 3.51. The molecule has 65 valence electrons. The third-order valence-corrected chi connectivity index (χ3v) is 1.82. The number of halogens is 1. The highest BCUT2D eigenvalue weighted by Gasteiger charge is 2.07. The fourth-order valence-corrected chi connectivity index (χ4v) is 1.19. The van der Waals surface area contributed by atoms with Gasteiger partial charge in [0.05, 0.1) is 20.1 Å². The van der Waals surface area contributed by atoms with Gasteiger partial charge < -0.3 is 9.47 Å². The molecule has 0 spiro atoms. The lowest BCUT2D eigenvalue weighted by molar-refractivity contribution is 0.352. The van der Waals surface area contributed by atoms with Crippen LogP contribution in [0.3, 0.4) is 0 Å². The van der Waals surface area contributed by atoms with E-state index in [-0.39, 0.29) is 0 Å². The second-order valence-corrected chi connectivity index (χ2v) is 2.46. The monoisotopic (exact) mass is 185 g/mol. The fraction of sp³-hybridized carbons (Fsp3) is 0.333. The van der Waals surface area contributed by atoms with Crippen LogP contribution < -0.4 is 9.47 Å². The summed E-state index contributed by atoms with van der Waals surface area (Å²) in [5, 5.41) is 0. The van der Waals surface area contributed by atoms with E-state index in [1.165, 1.54) is 0 Å². The molecule has 0 unspecified atom stereocenters. The quantitative estimate of drug-likeness (QED) is 0.673. The average molecular weight is 186 g/mol. The molecule has 2 nitrogen and oxygen atoms in total. The smallest absolute Gasteiger partial charge is 0.165 e. The molecule has 1 aromatic rings. The highest BCUT2D eigenvalue weighted by atomic mass is 35.5. The number of hydrogen-bond donors (Lipinski definition) is 0. The van der Waals surface area contributed by atoms with E-state index in [0.717, 1.165) is 5.56 Å². The fourth-order valence-electron chi connectivity index (χ4n) is 0.992. The predicted octanol–water partition coefficient (Wildman–Crippen LogP) is 2.24. The summed E-state index contributed by atoms with van der Waals surface area (Å²) in [5.74, 6) is 1.72. The van der Waals surface area contributed by atoms with Gasteiger partial charge in [0.25, 0.3) is 0 Å². The minimum absolute atomic E-state index is 0.375. The van der Waals surface area contributed by atoms with Crippen LogP contribution in [0.25, 0.3) is 0 Å². The van der Waals surface area contributed by atoms with Crippen molar-refractivity contribution in [1.82, 2.24) is 0 Å². The number of alkyl halides is 1. The zero-order valence-electron chi connectivity index (χ0n) is 7.06. The van der Waals surface area contributed by atoms with E-state index >= 15 is 0 Å². The molecule has 0 N–H and O–H groups in total. The van der Waals surface area contributed by atoms with E-state index in [1.54, 1.807) is 26.4 Å². The molecule has 0 aliphatic heterocycles. The zero-order valence-corrected chi connectivity index (χ0v) is 7.81. The van der Waals surface area contributed by atoms with Gasteiger partial charge in [0.15, 0.2) is 11.5 Å². The Balaban J connectivity index is 3.13. The Morgan fingerprint density at radius 2 is 2.17 bits per heavy atom. The van der Waals surface area contributed by atoms with Crippen LogP contribution in [0, 0.1) is 6.07 Å². The third kappa shape index (κ3) is 1.64. The standard InChI is InChI=1S/C9H10ClO2/c1-11-8-5-3-4-7(6-10)9(8)12-2/h3,5H,6H2,1-2H3. The minimum Gasteiger partial charge on any atom is -0.493 e. The molecule has 0 saturated carbocycles. The van der Waals surface area contributed by atoms with Crippen molar-refractivity contribution in [3.63, 3.8) is 0 Å².